The van der Waals surface area contributed by atoms with Crippen molar-refractivity contribution in [2.75, 3.05) is 20.3 Å². The highest BCUT2D eigenvalue weighted by molar-refractivity contribution is 5.80. The fraction of sp³-hybridized carbons (Fsp3) is 0.889. The maximum Gasteiger partial charge on any atom is 0.226 e. The topological polar surface area (TPSA) is 41.6 Å². The number of carbonyl (C=O) groups excluding carboxylic acids is 1. The fourth-order valence-electron chi connectivity index (χ4n) is 2.13. The molecule has 2 aliphatic rings. The number of likely N-dealkylation sites (N-methyl/N-ethyl adjacent to an activating group) is 1. The van der Waals surface area contributed by atoms with Crippen LogP contribution in [0.5, 0.6) is 0 Å². The third-order valence-corrected chi connectivity index (χ3v) is 3.15. The Morgan fingerprint density at radius 2 is 2.38 bits per heavy atom. The number of rotatable bonds is 0. The molecule has 2 heterocycles. The van der Waals surface area contributed by atoms with Gasteiger partial charge in [0.05, 0.1) is 18.7 Å². The number of nitrogens with zero attached hydrogens (tertiary/aromatic N) is 1. The van der Waals surface area contributed by atoms with Crippen molar-refractivity contribution in [3.8, 4) is 0 Å². The van der Waals surface area contributed by atoms with Gasteiger partial charge in [-0.3, -0.25) is 9.69 Å². The van der Waals surface area contributed by atoms with Gasteiger partial charge in [-0.1, -0.05) is 0 Å². The minimum Gasteiger partial charge on any atom is -0.380 e. The second kappa shape index (κ2) is 3.27. The predicted octanol–water partition coefficient (Wildman–Crippen LogP) is -0.201. The van der Waals surface area contributed by atoms with Crippen LogP contribution in [0.1, 0.15) is 13.3 Å². The van der Waals surface area contributed by atoms with E-state index in [1.165, 1.54) is 0 Å². The van der Waals surface area contributed by atoms with Crippen molar-refractivity contribution in [1.29, 1.82) is 0 Å². The van der Waals surface area contributed by atoms with Crippen LogP contribution in [0.25, 0.3) is 0 Å². The summed E-state index contributed by atoms with van der Waals surface area (Å²) < 4.78 is 5.38. The largest absolute Gasteiger partial charge is 0.380 e. The summed E-state index contributed by atoms with van der Waals surface area (Å²) in [4.78, 5) is 13.8. The van der Waals surface area contributed by atoms with Gasteiger partial charge in [0.25, 0.3) is 0 Å². The maximum atomic E-state index is 11.6. The number of amides is 1. The predicted molar refractivity (Wildman–Crippen MR) is 48.1 cm³/mol. The van der Waals surface area contributed by atoms with Crippen molar-refractivity contribution in [2.24, 2.45) is 5.92 Å². The van der Waals surface area contributed by atoms with Crippen LogP contribution >= 0.6 is 0 Å². The highest BCUT2D eigenvalue weighted by atomic mass is 16.5. The minimum absolute atomic E-state index is 0.134. The molecule has 2 saturated heterocycles. The SMILES string of the molecule is CC1NC(=O)C2CCOCC2N1C. The first-order valence-electron chi connectivity index (χ1n) is 4.80. The van der Waals surface area contributed by atoms with E-state index in [0.717, 1.165) is 13.0 Å². The molecule has 3 atom stereocenters. The minimum atomic E-state index is 0.134. The van der Waals surface area contributed by atoms with Crippen LogP contribution in [-0.2, 0) is 9.53 Å². The third-order valence-electron chi connectivity index (χ3n) is 3.15. The smallest absolute Gasteiger partial charge is 0.226 e. The number of ether oxygens (including phenoxy) is 1. The summed E-state index contributed by atoms with van der Waals surface area (Å²) in [6.07, 6.45) is 0.989. The van der Waals surface area contributed by atoms with Gasteiger partial charge in [-0.25, -0.2) is 0 Å². The molecule has 0 aliphatic carbocycles. The lowest BCUT2D eigenvalue weighted by atomic mass is 9.90. The third kappa shape index (κ3) is 1.44. The van der Waals surface area contributed by atoms with E-state index in [1.807, 2.05) is 14.0 Å². The Balaban J connectivity index is 2.15. The lowest BCUT2D eigenvalue weighted by molar-refractivity contribution is -0.142. The Bertz CT molecular complexity index is 220. The first-order valence-corrected chi connectivity index (χ1v) is 4.80. The van der Waals surface area contributed by atoms with E-state index in [0.29, 0.717) is 6.61 Å². The highest BCUT2D eigenvalue weighted by Crippen LogP contribution is 2.24. The molecule has 3 unspecified atom stereocenters. The van der Waals surface area contributed by atoms with Crippen LogP contribution in [0.3, 0.4) is 0 Å². The number of nitrogens with one attached hydrogen (secondary N) is 1. The molecule has 1 N–H and O–H groups in total. The number of hydrogen-bond donors (Lipinski definition) is 1. The van der Waals surface area contributed by atoms with Crippen molar-refractivity contribution in [2.45, 2.75) is 25.6 Å². The second-order valence-corrected chi connectivity index (χ2v) is 3.89. The molecule has 4 heteroatoms. The number of carbonyl (C=O) groups is 1. The van der Waals surface area contributed by atoms with Gasteiger partial charge in [0, 0.05) is 12.6 Å². The van der Waals surface area contributed by atoms with E-state index in [9.17, 15) is 4.79 Å². The molecule has 0 aromatic heterocycles. The van der Waals surface area contributed by atoms with Gasteiger partial charge in [0.2, 0.25) is 5.91 Å². The van der Waals surface area contributed by atoms with Crippen molar-refractivity contribution in [3.05, 3.63) is 0 Å². The Labute approximate surface area is 78.2 Å². The zero-order valence-corrected chi connectivity index (χ0v) is 8.12. The Morgan fingerprint density at radius 1 is 1.62 bits per heavy atom. The molecular formula is C9H16N2O2. The van der Waals surface area contributed by atoms with Crippen molar-refractivity contribution >= 4 is 5.91 Å². The Kier molecular flexibility index (Phi) is 2.26. The van der Waals surface area contributed by atoms with E-state index >= 15 is 0 Å². The van der Waals surface area contributed by atoms with Gasteiger partial charge in [-0.15, -0.1) is 0 Å². The van der Waals surface area contributed by atoms with Gasteiger partial charge < -0.3 is 10.1 Å². The molecule has 2 aliphatic heterocycles. The lowest BCUT2D eigenvalue weighted by Gasteiger charge is -2.44. The van der Waals surface area contributed by atoms with E-state index in [1.54, 1.807) is 0 Å². The van der Waals surface area contributed by atoms with Gasteiger partial charge >= 0.3 is 0 Å². The lowest BCUT2D eigenvalue weighted by Crippen LogP contribution is -2.63. The van der Waals surface area contributed by atoms with Gasteiger partial charge in [0.15, 0.2) is 0 Å². The molecule has 0 spiro atoms. The molecule has 2 fully saturated rings. The van der Waals surface area contributed by atoms with Crippen LogP contribution in [0.2, 0.25) is 0 Å². The summed E-state index contributed by atoms with van der Waals surface area (Å²) in [6.45, 7) is 3.42. The summed E-state index contributed by atoms with van der Waals surface area (Å²) in [5, 5.41) is 2.96. The Morgan fingerprint density at radius 3 is 3.15 bits per heavy atom. The average Bonchev–Trinajstić information content (AvgIpc) is 2.15. The number of fused-ring (bicyclic) bond motifs is 1. The molecule has 13 heavy (non-hydrogen) atoms. The number of hydrogen-bond acceptors (Lipinski definition) is 3. The monoisotopic (exact) mass is 184 g/mol. The molecule has 0 aromatic rings. The van der Waals surface area contributed by atoms with Crippen LogP contribution in [-0.4, -0.2) is 43.3 Å². The summed E-state index contributed by atoms with van der Waals surface area (Å²) in [7, 11) is 2.04. The van der Waals surface area contributed by atoms with Crippen molar-refractivity contribution in [3.63, 3.8) is 0 Å². The van der Waals surface area contributed by atoms with E-state index in [4.69, 9.17) is 4.74 Å². The summed E-state index contributed by atoms with van der Waals surface area (Å²) >= 11 is 0. The summed E-state index contributed by atoms with van der Waals surface area (Å²) in [6, 6.07) is 0.275. The Hall–Kier alpha value is -0.610. The first kappa shape index (κ1) is 8.97. The molecule has 0 bridgehead atoms. The molecule has 74 valence electrons. The van der Waals surface area contributed by atoms with Crippen LogP contribution in [0.4, 0.5) is 0 Å². The molecule has 0 aromatic carbocycles. The van der Waals surface area contributed by atoms with Crippen LogP contribution < -0.4 is 5.32 Å². The van der Waals surface area contributed by atoms with Crippen LogP contribution in [0, 0.1) is 5.92 Å². The second-order valence-electron chi connectivity index (χ2n) is 3.89. The van der Waals surface area contributed by atoms with Gasteiger partial charge in [0.1, 0.15) is 0 Å². The molecular weight excluding hydrogens is 168 g/mol. The normalized spacial score (nSPS) is 41.1. The maximum absolute atomic E-state index is 11.6. The van der Waals surface area contributed by atoms with Gasteiger partial charge in [-0.2, -0.15) is 0 Å². The zero-order chi connectivity index (χ0) is 9.42. The zero-order valence-electron chi connectivity index (χ0n) is 8.12. The van der Waals surface area contributed by atoms with Crippen molar-refractivity contribution < 1.29 is 9.53 Å². The van der Waals surface area contributed by atoms with Gasteiger partial charge in [-0.05, 0) is 20.4 Å². The molecule has 2 rings (SSSR count). The first-order chi connectivity index (χ1) is 6.20. The van der Waals surface area contributed by atoms with Crippen LogP contribution in [0.15, 0.2) is 0 Å². The average molecular weight is 184 g/mol. The molecule has 0 saturated carbocycles. The quantitative estimate of drug-likeness (QED) is 0.567. The van der Waals surface area contributed by atoms with E-state index in [-0.39, 0.29) is 24.0 Å². The van der Waals surface area contributed by atoms with E-state index < -0.39 is 0 Å². The fourth-order valence-corrected chi connectivity index (χ4v) is 2.13. The standard InChI is InChI=1S/C9H16N2O2/c1-6-10-9(12)7-3-4-13-5-8(7)11(6)2/h6-8H,3-5H2,1-2H3,(H,10,12). The van der Waals surface area contributed by atoms with Crippen molar-refractivity contribution in [1.82, 2.24) is 10.2 Å². The summed E-state index contributed by atoms with van der Waals surface area (Å²) in [5.41, 5.74) is 0. The molecule has 1 amide bonds. The molecule has 4 nitrogen and oxygen atoms in total. The summed E-state index contributed by atoms with van der Waals surface area (Å²) in [5.74, 6) is 0.328. The highest BCUT2D eigenvalue weighted by Gasteiger charge is 2.40. The molecule has 0 radical (unpaired) electrons. The van der Waals surface area contributed by atoms with E-state index in [2.05, 4.69) is 10.2 Å².